The highest BCUT2D eigenvalue weighted by Crippen LogP contribution is 2.24. The zero-order valence-corrected chi connectivity index (χ0v) is 14.0. The molecule has 0 spiro atoms. The van der Waals surface area contributed by atoms with Gasteiger partial charge in [-0.1, -0.05) is 24.3 Å². The lowest BCUT2D eigenvalue weighted by Crippen LogP contribution is -2.43. The van der Waals surface area contributed by atoms with Crippen LogP contribution in [0.5, 0.6) is 0 Å². The number of anilines is 1. The van der Waals surface area contributed by atoms with Gasteiger partial charge in [-0.15, -0.1) is 0 Å². The Labute approximate surface area is 147 Å². The van der Waals surface area contributed by atoms with E-state index in [1.807, 2.05) is 42.7 Å². The van der Waals surface area contributed by atoms with Gasteiger partial charge in [0.2, 0.25) is 0 Å². The molecule has 1 aliphatic rings. The number of pyridine rings is 1. The number of piperidine rings is 1. The third kappa shape index (κ3) is 3.51. The summed E-state index contributed by atoms with van der Waals surface area (Å²) in [4.78, 5) is 15.9. The summed E-state index contributed by atoms with van der Waals surface area (Å²) in [5.74, 6) is 0.903. The van der Waals surface area contributed by atoms with Crippen LogP contribution in [-0.2, 0) is 0 Å². The Balaban J connectivity index is 1.58. The van der Waals surface area contributed by atoms with Crippen molar-refractivity contribution in [1.29, 1.82) is 0 Å². The van der Waals surface area contributed by atoms with Gasteiger partial charge in [0.05, 0.1) is 23.8 Å². The second-order valence-electron chi connectivity index (χ2n) is 6.40. The van der Waals surface area contributed by atoms with Crippen molar-refractivity contribution in [3.63, 3.8) is 0 Å². The van der Waals surface area contributed by atoms with Crippen molar-refractivity contribution in [3.8, 4) is 22.5 Å². The summed E-state index contributed by atoms with van der Waals surface area (Å²) in [6.45, 7) is 1.85. The summed E-state index contributed by atoms with van der Waals surface area (Å²) in [5.41, 5.74) is 9.99. The van der Waals surface area contributed by atoms with E-state index in [2.05, 4.69) is 32.0 Å². The minimum absolute atomic E-state index is 0.227. The Morgan fingerprint density at radius 1 is 0.920 bits per heavy atom. The molecule has 1 fully saturated rings. The predicted octanol–water partition coefficient (Wildman–Crippen LogP) is 3.13. The number of nitrogens with two attached hydrogens (primary N) is 1. The molecule has 3 aromatic rings. The van der Waals surface area contributed by atoms with E-state index in [0.29, 0.717) is 0 Å². The highest BCUT2D eigenvalue weighted by molar-refractivity contribution is 5.69. The lowest BCUT2D eigenvalue weighted by atomic mass is 10.1. The number of rotatable bonds is 3. The van der Waals surface area contributed by atoms with Crippen LogP contribution in [0.2, 0.25) is 0 Å². The van der Waals surface area contributed by atoms with Crippen molar-refractivity contribution < 1.29 is 0 Å². The van der Waals surface area contributed by atoms with E-state index in [1.54, 1.807) is 6.20 Å². The summed E-state index contributed by atoms with van der Waals surface area (Å²) in [6, 6.07) is 14.4. The zero-order valence-electron chi connectivity index (χ0n) is 14.0. The van der Waals surface area contributed by atoms with Crippen LogP contribution in [0.25, 0.3) is 22.5 Å². The fourth-order valence-electron chi connectivity index (χ4n) is 3.22. The van der Waals surface area contributed by atoms with Gasteiger partial charge in [-0.05, 0) is 31.0 Å². The number of nitrogens with zero attached hydrogens (tertiary/aromatic N) is 4. The Kier molecular flexibility index (Phi) is 4.39. The molecule has 2 aromatic heterocycles. The highest BCUT2D eigenvalue weighted by atomic mass is 15.2. The van der Waals surface area contributed by atoms with Crippen LogP contribution in [0.15, 0.2) is 61.1 Å². The van der Waals surface area contributed by atoms with Crippen LogP contribution in [0.1, 0.15) is 12.8 Å². The average molecular weight is 331 g/mol. The third-order valence-electron chi connectivity index (χ3n) is 4.54. The molecule has 3 heterocycles. The van der Waals surface area contributed by atoms with Crippen LogP contribution in [0, 0.1) is 0 Å². The third-order valence-corrected chi connectivity index (χ3v) is 4.54. The number of aromatic nitrogens is 3. The first kappa shape index (κ1) is 15.7. The summed E-state index contributed by atoms with van der Waals surface area (Å²) in [5, 5.41) is 0. The quantitative estimate of drug-likeness (QED) is 0.798. The molecule has 1 unspecified atom stereocenters. The van der Waals surface area contributed by atoms with E-state index in [1.165, 1.54) is 0 Å². The molecule has 1 aliphatic heterocycles. The van der Waals surface area contributed by atoms with Gasteiger partial charge in [-0.25, -0.2) is 4.98 Å². The fraction of sp³-hybridized carbons (Fsp3) is 0.250. The molecule has 126 valence electrons. The summed E-state index contributed by atoms with van der Waals surface area (Å²) in [7, 11) is 0. The number of benzene rings is 1. The number of hydrogen-bond acceptors (Lipinski definition) is 5. The molecule has 5 heteroatoms. The van der Waals surface area contributed by atoms with Gasteiger partial charge in [0.25, 0.3) is 0 Å². The van der Waals surface area contributed by atoms with E-state index < -0.39 is 0 Å². The van der Waals surface area contributed by atoms with Crippen LogP contribution in [-0.4, -0.2) is 34.1 Å². The molecule has 0 bridgehead atoms. The summed E-state index contributed by atoms with van der Waals surface area (Å²) in [6.07, 6.45) is 7.69. The predicted molar refractivity (Wildman–Crippen MR) is 100 cm³/mol. The first-order chi connectivity index (χ1) is 12.3. The van der Waals surface area contributed by atoms with Gasteiger partial charge < -0.3 is 10.6 Å². The smallest absolute Gasteiger partial charge is 0.147 e. The van der Waals surface area contributed by atoms with Crippen molar-refractivity contribution in [1.82, 2.24) is 15.0 Å². The van der Waals surface area contributed by atoms with Crippen LogP contribution in [0.4, 0.5) is 5.82 Å². The molecule has 1 saturated heterocycles. The first-order valence-corrected chi connectivity index (χ1v) is 8.64. The normalized spacial score (nSPS) is 17.5. The number of hydrogen-bond donors (Lipinski definition) is 1. The van der Waals surface area contributed by atoms with Crippen molar-refractivity contribution in [2.75, 3.05) is 18.0 Å². The minimum atomic E-state index is 0.227. The van der Waals surface area contributed by atoms with Gasteiger partial charge >= 0.3 is 0 Å². The second kappa shape index (κ2) is 6.99. The maximum absolute atomic E-state index is 6.06. The van der Waals surface area contributed by atoms with E-state index in [0.717, 1.165) is 54.3 Å². The van der Waals surface area contributed by atoms with Crippen LogP contribution in [0.3, 0.4) is 0 Å². The van der Waals surface area contributed by atoms with Crippen molar-refractivity contribution in [2.24, 2.45) is 5.73 Å². The lowest BCUT2D eigenvalue weighted by Gasteiger charge is -2.31. The maximum Gasteiger partial charge on any atom is 0.147 e. The van der Waals surface area contributed by atoms with E-state index in [4.69, 9.17) is 5.73 Å². The molecule has 4 rings (SSSR count). The molecule has 1 aromatic carbocycles. The zero-order chi connectivity index (χ0) is 17.1. The van der Waals surface area contributed by atoms with Gasteiger partial charge in [-0.2, -0.15) is 0 Å². The molecule has 2 N–H and O–H groups in total. The standard InChI is InChI=1S/C20H21N5/c21-17-7-4-10-25(14-17)20-13-23-19(12-24-20)16-6-3-5-15(11-16)18-8-1-2-9-22-18/h1-3,5-6,8-9,11-13,17H,4,7,10,14,21H2. The van der Waals surface area contributed by atoms with Gasteiger partial charge in [0.1, 0.15) is 5.82 Å². The molecule has 1 atom stereocenters. The molecule has 0 aliphatic carbocycles. The molecule has 0 amide bonds. The van der Waals surface area contributed by atoms with Gasteiger partial charge in [0.15, 0.2) is 0 Å². The molecular formula is C20H21N5. The SMILES string of the molecule is NC1CCCN(c2cnc(-c3cccc(-c4ccccn4)c3)cn2)C1. The van der Waals surface area contributed by atoms with Gasteiger partial charge in [-0.3, -0.25) is 9.97 Å². The topological polar surface area (TPSA) is 67.9 Å². The second-order valence-corrected chi connectivity index (χ2v) is 6.40. The van der Waals surface area contributed by atoms with E-state index in [-0.39, 0.29) is 6.04 Å². The summed E-state index contributed by atoms with van der Waals surface area (Å²) >= 11 is 0. The monoisotopic (exact) mass is 331 g/mol. The molecule has 25 heavy (non-hydrogen) atoms. The van der Waals surface area contributed by atoms with Crippen molar-refractivity contribution in [3.05, 3.63) is 61.1 Å². The van der Waals surface area contributed by atoms with Crippen molar-refractivity contribution >= 4 is 5.82 Å². The van der Waals surface area contributed by atoms with Gasteiger partial charge in [0, 0.05) is 36.5 Å². The Hall–Kier alpha value is -2.79. The lowest BCUT2D eigenvalue weighted by molar-refractivity contribution is 0.503. The largest absolute Gasteiger partial charge is 0.354 e. The first-order valence-electron chi connectivity index (χ1n) is 8.64. The van der Waals surface area contributed by atoms with Crippen LogP contribution < -0.4 is 10.6 Å². The molecule has 5 nitrogen and oxygen atoms in total. The highest BCUT2D eigenvalue weighted by Gasteiger charge is 2.18. The Morgan fingerprint density at radius 3 is 2.52 bits per heavy atom. The average Bonchev–Trinajstić information content (AvgIpc) is 2.69. The Bertz CT molecular complexity index is 832. The minimum Gasteiger partial charge on any atom is -0.354 e. The molecule has 0 saturated carbocycles. The van der Waals surface area contributed by atoms with Crippen molar-refractivity contribution in [2.45, 2.75) is 18.9 Å². The fourth-order valence-corrected chi connectivity index (χ4v) is 3.22. The molecular weight excluding hydrogens is 310 g/mol. The molecule has 0 radical (unpaired) electrons. The summed E-state index contributed by atoms with van der Waals surface area (Å²) < 4.78 is 0. The van der Waals surface area contributed by atoms with E-state index >= 15 is 0 Å². The van der Waals surface area contributed by atoms with E-state index in [9.17, 15) is 0 Å². The van der Waals surface area contributed by atoms with Crippen LogP contribution >= 0.6 is 0 Å². The Morgan fingerprint density at radius 2 is 1.80 bits per heavy atom. The maximum atomic E-state index is 6.06.